The fraction of sp³-hybridized carbons (Fsp3) is 0.318. The molecule has 2 N–H and O–H groups in total. The van der Waals surface area contributed by atoms with Crippen molar-refractivity contribution in [3.63, 3.8) is 0 Å². The molecular weight excluding hydrogens is 398 g/mol. The molecule has 1 aromatic carbocycles. The molecule has 2 unspecified atom stereocenters. The number of carboxylic acid groups (broad SMARTS) is 1. The van der Waals surface area contributed by atoms with E-state index < -0.39 is 5.97 Å². The summed E-state index contributed by atoms with van der Waals surface area (Å²) in [6, 6.07) is 6.16. The number of benzene rings is 1. The Morgan fingerprint density at radius 2 is 1.87 bits per heavy atom. The number of aromatic nitrogens is 3. The van der Waals surface area contributed by atoms with Crippen LogP contribution in [0, 0.1) is 17.8 Å². The number of amides is 2. The van der Waals surface area contributed by atoms with Gasteiger partial charge in [0.15, 0.2) is 0 Å². The zero-order chi connectivity index (χ0) is 21.5. The molecule has 1 saturated heterocycles. The summed E-state index contributed by atoms with van der Waals surface area (Å²) in [7, 11) is 0. The van der Waals surface area contributed by atoms with Crippen LogP contribution in [-0.4, -0.2) is 61.8 Å². The van der Waals surface area contributed by atoms with Crippen molar-refractivity contribution in [2.45, 2.75) is 6.42 Å². The van der Waals surface area contributed by atoms with Crippen LogP contribution in [0.4, 0.5) is 0 Å². The number of rotatable bonds is 6. The minimum Gasteiger partial charge on any atom is -0.478 e. The van der Waals surface area contributed by atoms with Crippen LogP contribution in [-0.2, 0) is 0 Å². The average molecular weight is 419 g/mol. The largest absolute Gasteiger partial charge is 0.478 e. The smallest absolute Gasteiger partial charge is 0.335 e. The molecule has 2 atom stereocenters. The normalized spacial score (nSPS) is 21.7. The van der Waals surface area contributed by atoms with E-state index in [0.29, 0.717) is 54.3 Å². The van der Waals surface area contributed by atoms with Gasteiger partial charge in [0.25, 0.3) is 11.8 Å². The molecule has 0 radical (unpaired) electrons. The molecule has 0 spiro atoms. The maximum absolute atomic E-state index is 12.7. The summed E-state index contributed by atoms with van der Waals surface area (Å²) in [6.07, 6.45) is 7.48. The molecule has 2 aromatic heterocycles. The van der Waals surface area contributed by atoms with E-state index in [1.54, 1.807) is 40.0 Å². The summed E-state index contributed by atoms with van der Waals surface area (Å²) in [5, 5.41) is 12.1. The SMILES string of the molecule is O=C(O)c1cccc(C(=O)N2CC3C(CCNC(=O)c4cnc5nccn5c4)C3C2)c1. The first-order valence-corrected chi connectivity index (χ1v) is 10.2. The Balaban J connectivity index is 1.10. The van der Waals surface area contributed by atoms with Gasteiger partial charge in [0, 0.05) is 50.0 Å². The monoisotopic (exact) mass is 419 g/mol. The molecule has 2 aliphatic rings. The molecule has 9 heteroatoms. The van der Waals surface area contributed by atoms with Crippen molar-refractivity contribution >= 4 is 23.6 Å². The standard InChI is InChI=1S/C22H21N5O4/c28-19(15-9-25-22-24-6-7-26(22)10-15)23-5-4-16-17-11-27(12-18(16)17)20(29)13-2-1-3-14(8-13)21(30)31/h1-3,6-10,16-18H,4-5,11-12H2,(H,23,28)(H,30,31). The second-order valence-electron chi connectivity index (χ2n) is 8.11. The Bertz CT molecular complexity index is 1180. The van der Waals surface area contributed by atoms with Gasteiger partial charge >= 0.3 is 5.97 Å². The van der Waals surface area contributed by atoms with Gasteiger partial charge in [0.1, 0.15) is 0 Å². The summed E-state index contributed by atoms with van der Waals surface area (Å²) in [6.45, 7) is 1.94. The maximum atomic E-state index is 12.7. The van der Waals surface area contributed by atoms with E-state index in [1.165, 1.54) is 18.3 Å². The van der Waals surface area contributed by atoms with Crippen LogP contribution < -0.4 is 5.32 Å². The lowest BCUT2D eigenvalue weighted by Gasteiger charge is -2.20. The minimum atomic E-state index is -1.04. The van der Waals surface area contributed by atoms with Crippen molar-refractivity contribution in [3.05, 3.63) is 65.7 Å². The third kappa shape index (κ3) is 3.63. The summed E-state index contributed by atoms with van der Waals surface area (Å²) < 4.78 is 1.71. The Hall–Kier alpha value is -3.75. The summed E-state index contributed by atoms with van der Waals surface area (Å²) in [5.74, 6) is 0.635. The molecule has 0 bridgehead atoms. The fourth-order valence-corrected chi connectivity index (χ4v) is 4.60. The third-order valence-electron chi connectivity index (χ3n) is 6.29. The summed E-state index contributed by atoms with van der Waals surface area (Å²) in [5.41, 5.74) is 1.02. The van der Waals surface area contributed by atoms with E-state index in [0.717, 1.165) is 6.42 Å². The Kier molecular flexibility index (Phi) is 4.65. The molecule has 1 aliphatic heterocycles. The first-order chi connectivity index (χ1) is 15.0. The van der Waals surface area contributed by atoms with Crippen LogP contribution in [0.25, 0.3) is 5.78 Å². The lowest BCUT2D eigenvalue weighted by Crippen LogP contribution is -2.32. The number of imidazole rings is 1. The van der Waals surface area contributed by atoms with E-state index in [2.05, 4.69) is 15.3 Å². The Labute approximate surface area is 177 Å². The number of piperidine rings is 1. The zero-order valence-corrected chi connectivity index (χ0v) is 16.6. The number of carbonyl (C=O) groups excluding carboxylic acids is 2. The molecule has 1 saturated carbocycles. The van der Waals surface area contributed by atoms with Gasteiger partial charge < -0.3 is 15.3 Å². The summed E-state index contributed by atoms with van der Waals surface area (Å²) >= 11 is 0. The van der Waals surface area contributed by atoms with Crippen molar-refractivity contribution < 1.29 is 19.5 Å². The van der Waals surface area contributed by atoms with E-state index in [-0.39, 0.29) is 17.4 Å². The number of hydrogen-bond donors (Lipinski definition) is 2. The maximum Gasteiger partial charge on any atom is 0.335 e. The van der Waals surface area contributed by atoms with Crippen LogP contribution in [0.15, 0.2) is 49.1 Å². The quantitative estimate of drug-likeness (QED) is 0.626. The number of nitrogens with one attached hydrogen (secondary N) is 1. The average Bonchev–Trinajstić information content (AvgIpc) is 3.15. The predicted octanol–water partition coefficient (Wildman–Crippen LogP) is 1.57. The van der Waals surface area contributed by atoms with Gasteiger partial charge in [-0.15, -0.1) is 0 Å². The number of nitrogens with zero attached hydrogens (tertiary/aromatic N) is 4. The molecule has 9 nitrogen and oxygen atoms in total. The second-order valence-corrected chi connectivity index (χ2v) is 8.11. The molecule has 2 fully saturated rings. The molecule has 158 valence electrons. The number of carbonyl (C=O) groups is 3. The van der Waals surface area contributed by atoms with Crippen LogP contribution in [0.2, 0.25) is 0 Å². The molecule has 31 heavy (non-hydrogen) atoms. The number of likely N-dealkylation sites (tertiary alicyclic amines) is 1. The first-order valence-electron chi connectivity index (χ1n) is 10.2. The number of carboxylic acids is 1. The van der Waals surface area contributed by atoms with Crippen molar-refractivity contribution in [2.75, 3.05) is 19.6 Å². The highest BCUT2D eigenvalue weighted by molar-refractivity contribution is 5.97. The van der Waals surface area contributed by atoms with E-state index in [4.69, 9.17) is 5.11 Å². The van der Waals surface area contributed by atoms with Gasteiger partial charge in [0.05, 0.1) is 11.1 Å². The van der Waals surface area contributed by atoms with Gasteiger partial charge in [-0.2, -0.15) is 0 Å². The van der Waals surface area contributed by atoms with Gasteiger partial charge in [-0.1, -0.05) is 6.07 Å². The third-order valence-corrected chi connectivity index (χ3v) is 6.29. The highest BCUT2D eigenvalue weighted by atomic mass is 16.4. The van der Waals surface area contributed by atoms with Crippen LogP contribution in [0.5, 0.6) is 0 Å². The van der Waals surface area contributed by atoms with Gasteiger partial charge in [-0.3, -0.25) is 14.0 Å². The van der Waals surface area contributed by atoms with Gasteiger partial charge in [0.2, 0.25) is 5.78 Å². The molecular formula is C22H21N5O4. The van der Waals surface area contributed by atoms with E-state index >= 15 is 0 Å². The lowest BCUT2D eigenvalue weighted by atomic mass is 10.1. The molecule has 3 heterocycles. The lowest BCUT2D eigenvalue weighted by molar-refractivity contribution is 0.0696. The van der Waals surface area contributed by atoms with Crippen LogP contribution in [0.1, 0.15) is 37.5 Å². The van der Waals surface area contributed by atoms with Gasteiger partial charge in [-0.25, -0.2) is 14.8 Å². The topological polar surface area (TPSA) is 117 Å². The van der Waals surface area contributed by atoms with Crippen molar-refractivity contribution in [1.82, 2.24) is 24.6 Å². The predicted molar refractivity (Wildman–Crippen MR) is 110 cm³/mol. The molecule has 3 aromatic rings. The molecule has 2 amide bonds. The number of aromatic carboxylic acids is 1. The van der Waals surface area contributed by atoms with Crippen molar-refractivity contribution in [1.29, 1.82) is 0 Å². The minimum absolute atomic E-state index is 0.117. The molecule has 1 aliphatic carbocycles. The Morgan fingerprint density at radius 3 is 2.65 bits per heavy atom. The van der Waals surface area contributed by atoms with Gasteiger partial charge in [-0.05, 0) is 42.4 Å². The number of hydrogen-bond acceptors (Lipinski definition) is 5. The van der Waals surface area contributed by atoms with Crippen LogP contribution >= 0.6 is 0 Å². The number of fused-ring (bicyclic) bond motifs is 2. The summed E-state index contributed by atoms with van der Waals surface area (Å²) in [4.78, 5) is 46.2. The van der Waals surface area contributed by atoms with E-state index in [9.17, 15) is 14.4 Å². The first kappa shape index (κ1) is 19.2. The highest BCUT2D eigenvalue weighted by Gasteiger charge is 2.55. The van der Waals surface area contributed by atoms with Crippen molar-refractivity contribution in [3.8, 4) is 0 Å². The molecule has 5 rings (SSSR count). The Morgan fingerprint density at radius 1 is 1.10 bits per heavy atom. The second kappa shape index (κ2) is 7.50. The van der Waals surface area contributed by atoms with Crippen LogP contribution in [0.3, 0.4) is 0 Å². The highest BCUT2D eigenvalue weighted by Crippen LogP contribution is 2.53. The van der Waals surface area contributed by atoms with Crippen molar-refractivity contribution in [2.24, 2.45) is 17.8 Å². The zero-order valence-electron chi connectivity index (χ0n) is 16.6. The fourth-order valence-electron chi connectivity index (χ4n) is 4.60. The van der Waals surface area contributed by atoms with E-state index in [1.807, 2.05) is 0 Å².